The van der Waals surface area contributed by atoms with Crippen molar-refractivity contribution in [2.75, 3.05) is 6.54 Å². The maximum atomic E-state index is 11.3. The number of aromatic nitrogens is 1. The second kappa shape index (κ2) is 5.59. The number of nitrogens with one attached hydrogen (secondary N) is 2. The van der Waals surface area contributed by atoms with Crippen molar-refractivity contribution in [1.82, 2.24) is 15.6 Å². The van der Waals surface area contributed by atoms with Crippen LogP contribution in [0, 0.1) is 0 Å². The van der Waals surface area contributed by atoms with Crippen LogP contribution in [0.1, 0.15) is 31.3 Å². The highest BCUT2D eigenvalue weighted by molar-refractivity contribution is 7.09. The van der Waals surface area contributed by atoms with Gasteiger partial charge in [-0.05, 0) is 13.3 Å². The topological polar surface area (TPSA) is 54.0 Å². The van der Waals surface area contributed by atoms with E-state index in [0.717, 1.165) is 11.4 Å². The zero-order chi connectivity index (χ0) is 10.4. The number of carbonyl (C=O) groups is 1. The van der Waals surface area contributed by atoms with E-state index in [1.165, 1.54) is 0 Å². The highest BCUT2D eigenvalue weighted by Crippen LogP contribution is 2.18. The van der Waals surface area contributed by atoms with Crippen molar-refractivity contribution in [3.8, 4) is 0 Å². The minimum Gasteiger partial charge on any atom is -0.338 e. The normalized spacial score (nSPS) is 12.1. The fourth-order valence-corrected chi connectivity index (χ4v) is 1.89. The maximum absolute atomic E-state index is 11.3. The smallest absolute Gasteiger partial charge is 0.315 e. The van der Waals surface area contributed by atoms with E-state index in [9.17, 15) is 4.79 Å². The van der Waals surface area contributed by atoms with Crippen LogP contribution in [0.25, 0.3) is 0 Å². The monoisotopic (exact) mass is 213 g/mol. The SMILES string of the molecule is CCNC(=O)NC(CC)c1nccs1. The number of urea groups is 1. The largest absolute Gasteiger partial charge is 0.338 e. The van der Waals surface area contributed by atoms with Crippen LogP contribution in [0.15, 0.2) is 11.6 Å². The molecule has 1 atom stereocenters. The van der Waals surface area contributed by atoms with E-state index in [1.807, 2.05) is 19.2 Å². The molecule has 2 N–H and O–H groups in total. The molecule has 0 bridgehead atoms. The summed E-state index contributed by atoms with van der Waals surface area (Å²) in [6.45, 7) is 4.56. The van der Waals surface area contributed by atoms with Crippen molar-refractivity contribution in [1.29, 1.82) is 0 Å². The number of nitrogens with zero attached hydrogens (tertiary/aromatic N) is 1. The van der Waals surface area contributed by atoms with Crippen molar-refractivity contribution in [2.24, 2.45) is 0 Å². The third kappa shape index (κ3) is 2.99. The van der Waals surface area contributed by atoms with Gasteiger partial charge in [0.25, 0.3) is 0 Å². The molecule has 0 aliphatic carbocycles. The number of rotatable bonds is 4. The van der Waals surface area contributed by atoms with Gasteiger partial charge in [0.15, 0.2) is 0 Å². The third-order valence-electron chi connectivity index (χ3n) is 1.80. The molecule has 0 aromatic carbocycles. The van der Waals surface area contributed by atoms with E-state index in [4.69, 9.17) is 0 Å². The van der Waals surface area contributed by atoms with Gasteiger partial charge in [-0.3, -0.25) is 0 Å². The second-order valence-corrected chi connectivity index (χ2v) is 3.76. The van der Waals surface area contributed by atoms with E-state index in [2.05, 4.69) is 15.6 Å². The van der Waals surface area contributed by atoms with Crippen LogP contribution in [0.5, 0.6) is 0 Å². The first kappa shape index (κ1) is 11.0. The zero-order valence-corrected chi connectivity index (χ0v) is 9.23. The molecular weight excluding hydrogens is 198 g/mol. The molecule has 0 saturated carbocycles. The number of hydrogen-bond donors (Lipinski definition) is 2. The van der Waals surface area contributed by atoms with Gasteiger partial charge >= 0.3 is 6.03 Å². The Balaban J connectivity index is 2.51. The molecule has 0 aliphatic rings. The Labute approximate surface area is 87.7 Å². The molecule has 0 fully saturated rings. The summed E-state index contributed by atoms with van der Waals surface area (Å²) < 4.78 is 0. The molecule has 0 saturated heterocycles. The lowest BCUT2D eigenvalue weighted by atomic mass is 10.2. The molecule has 1 aromatic rings. The predicted molar refractivity (Wildman–Crippen MR) is 57.4 cm³/mol. The third-order valence-corrected chi connectivity index (χ3v) is 2.69. The van der Waals surface area contributed by atoms with Crippen LogP contribution in [0.2, 0.25) is 0 Å². The summed E-state index contributed by atoms with van der Waals surface area (Å²) in [7, 11) is 0. The summed E-state index contributed by atoms with van der Waals surface area (Å²) in [6.07, 6.45) is 2.60. The van der Waals surface area contributed by atoms with E-state index < -0.39 is 0 Å². The van der Waals surface area contributed by atoms with Crippen molar-refractivity contribution in [2.45, 2.75) is 26.3 Å². The summed E-state index contributed by atoms with van der Waals surface area (Å²) in [4.78, 5) is 15.4. The van der Waals surface area contributed by atoms with Crippen molar-refractivity contribution in [3.05, 3.63) is 16.6 Å². The second-order valence-electron chi connectivity index (χ2n) is 2.83. The van der Waals surface area contributed by atoms with Crippen molar-refractivity contribution < 1.29 is 4.79 Å². The molecular formula is C9H15N3OS. The van der Waals surface area contributed by atoms with Crippen LogP contribution < -0.4 is 10.6 Å². The number of hydrogen-bond acceptors (Lipinski definition) is 3. The van der Waals surface area contributed by atoms with Crippen LogP contribution in [0.4, 0.5) is 4.79 Å². The standard InChI is InChI=1S/C9H15N3OS/c1-3-7(8-11-5-6-14-8)12-9(13)10-4-2/h5-7H,3-4H2,1-2H3,(H2,10,12,13). The molecule has 5 heteroatoms. The molecule has 1 heterocycles. The summed E-state index contributed by atoms with van der Waals surface area (Å²) in [5, 5.41) is 8.44. The Kier molecular flexibility index (Phi) is 4.39. The lowest BCUT2D eigenvalue weighted by Crippen LogP contribution is -2.37. The maximum Gasteiger partial charge on any atom is 0.315 e. The molecule has 1 unspecified atom stereocenters. The molecule has 78 valence electrons. The van der Waals surface area contributed by atoms with Gasteiger partial charge in [-0.25, -0.2) is 9.78 Å². The summed E-state index contributed by atoms with van der Waals surface area (Å²) in [5.74, 6) is 0. The van der Waals surface area contributed by atoms with Gasteiger partial charge in [-0.2, -0.15) is 0 Å². The molecule has 4 nitrogen and oxygen atoms in total. The van der Waals surface area contributed by atoms with Crippen LogP contribution in [0.3, 0.4) is 0 Å². The van der Waals surface area contributed by atoms with Gasteiger partial charge in [0.2, 0.25) is 0 Å². The lowest BCUT2D eigenvalue weighted by molar-refractivity contribution is 0.237. The van der Waals surface area contributed by atoms with Crippen LogP contribution in [-0.4, -0.2) is 17.6 Å². The van der Waals surface area contributed by atoms with E-state index in [0.29, 0.717) is 6.54 Å². The molecule has 0 radical (unpaired) electrons. The van der Waals surface area contributed by atoms with E-state index in [-0.39, 0.29) is 12.1 Å². The molecule has 0 aliphatic heterocycles. The minimum absolute atomic E-state index is 0.0292. The first-order valence-electron chi connectivity index (χ1n) is 4.71. The molecule has 2 amide bonds. The van der Waals surface area contributed by atoms with E-state index in [1.54, 1.807) is 17.5 Å². The number of carbonyl (C=O) groups excluding carboxylic acids is 1. The Morgan fingerprint density at radius 3 is 2.93 bits per heavy atom. The van der Waals surface area contributed by atoms with Gasteiger partial charge in [-0.1, -0.05) is 6.92 Å². The Bertz CT molecular complexity index is 274. The fourth-order valence-electron chi connectivity index (χ4n) is 1.11. The highest BCUT2D eigenvalue weighted by atomic mass is 32.1. The van der Waals surface area contributed by atoms with E-state index >= 15 is 0 Å². The molecule has 1 rings (SSSR count). The van der Waals surface area contributed by atoms with Gasteiger partial charge in [0, 0.05) is 18.1 Å². The van der Waals surface area contributed by atoms with Crippen LogP contribution in [-0.2, 0) is 0 Å². The van der Waals surface area contributed by atoms with Gasteiger partial charge in [0.05, 0.1) is 6.04 Å². The Hall–Kier alpha value is -1.10. The molecule has 14 heavy (non-hydrogen) atoms. The molecule has 0 spiro atoms. The quantitative estimate of drug-likeness (QED) is 0.802. The Morgan fingerprint density at radius 1 is 1.64 bits per heavy atom. The predicted octanol–water partition coefficient (Wildman–Crippen LogP) is 1.91. The first-order valence-corrected chi connectivity index (χ1v) is 5.59. The van der Waals surface area contributed by atoms with Crippen molar-refractivity contribution >= 4 is 17.4 Å². The summed E-state index contributed by atoms with van der Waals surface area (Å²) >= 11 is 1.56. The number of amides is 2. The van der Waals surface area contributed by atoms with Crippen molar-refractivity contribution in [3.63, 3.8) is 0 Å². The van der Waals surface area contributed by atoms with Crippen LogP contribution >= 0.6 is 11.3 Å². The Morgan fingerprint density at radius 2 is 2.43 bits per heavy atom. The minimum atomic E-state index is -0.130. The van der Waals surface area contributed by atoms with Gasteiger partial charge in [0.1, 0.15) is 5.01 Å². The fraction of sp³-hybridized carbons (Fsp3) is 0.556. The summed E-state index contributed by atoms with van der Waals surface area (Å²) in [5.41, 5.74) is 0. The van der Waals surface area contributed by atoms with Gasteiger partial charge in [-0.15, -0.1) is 11.3 Å². The van der Waals surface area contributed by atoms with Gasteiger partial charge < -0.3 is 10.6 Å². The first-order chi connectivity index (χ1) is 6.77. The average molecular weight is 213 g/mol. The average Bonchev–Trinajstić information content (AvgIpc) is 2.67. The summed E-state index contributed by atoms with van der Waals surface area (Å²) in [6, 6.07) is -0.101. The highest BCUT2D eigenvalue weighted by Gasteiger charge is 2.13. The molecule has 1 aromatic heterocycles. The lowest BCUT2D eigenvalue weighted by Gasteiger charge is -2.14. The number of thiazole rings is 1. The zero-order valence-electron chi connectivity index (χ0n) is 8.41.